The second-order valence-corrected chi connectivity index (χ2v) is 7.03. The molecule has 0 N–H and O–H groups in total. The van der Waals surface area contributed by atoms with Gasteiger partial charge in [-0.25, -0.2) is 19.9 Å². The van der Waals surface area contributed by atoms with E-state index >= 15 is 0 Å². The van der Waals surface area contributed by atoms with Crippen LogP contribution in [-0.2, 0) is 6.54 Å². The Morgan fingerprint density at radius 2 is 1.78 bits per heavy atom. The van der Waals surface area contributed by atoms with Gasteiger partial charge in [0.25, 0.3) is 0 Å². The minimum absolute atomic E-state index is 0.706. The average Bonchev–Trinajstić information content (AvgIpc) is 3.28. The van der Waals surface area contributed by atoms with Crippen LogP contribution in [0.2, 0.25) is 0 Å². The van der Waals surface area contributed by atoms with Crippen LogP contribution in [0.15, 0.2) is 35.4 Å². The van der Waals surface area contributed by atoms with Gasteiger partial charge in [0.2, 0.25) is 0 Å². The molecule has 0 radical (unpaired) electrons. The number of aromatic nitrogens is 4. The molecule has 0 aromatic carbocycles. The van der Waals surface area contributed by atoms with Crippen molar-refractivity contribution in [2.45, 2.75) is 6.54 Å². The quantitative estimate of drug-likeness (QED) is 0.724. The largest absolute Gasteiger partial charge is 0.346 e. The van der Waals surface area contributed by atoms with Crippen LogP contribution in [-0.4, -0.2) is 51.0 Å². The van der Waals surface area contributed by atoms with Crippen molar-refractivity contribution in [3.8, 4) is 10.8 Å². The number of piperazine rings is 1. The number of anilines is 1. The van der Waals surface area contributed by atoms with Gasteiger partial charge in [0.05, 0.1) is 5.69 Å². The first kappa shape index (κ1) is 14.7. The lowest BCUT2D eigenvalue weighted by Gasteiger charge is -2.34. The van der Waals surface area contributed by atoms with Crippen molar-refractivity contribution >= 4 is 27.8 Å². The summed E-state index contributed by atoms with van der Waals surface area (Å²) in [5.74, 6) is 0.706. The van der Waals surface area contributed by atoms with Gasteiger partial charge in [-0.3, -0.25) is 4.90 Å². The number of hydrogen-bond donors (Lipinski definition) is 0. The van der Waals surface area contributed by atoms with Crippen LogP contribution in [0, 0.1) is 0 Å². The molecule has 0 amide bonds. The molecule has 1 aliphatic heterocycles. The number of thiazole rings is 2. The normalized spacial score (nSPS) is 15.9. The fourth-order valence-corrected chi connectivity index (χ4v) is 4.04. The Morgan fingerprint density at radius 1 is 0.957 bits per heavy atom. The lowest BCUT2D eigenvalue weighted by atomic mass is 10.3. The highest BCUT2D eigenvalue weighted by molar-refractivity contribution is 7.13. The zero-order valence-corrected chi connectivity index (χ0v) is 14.1. The first-order valence-electron chi connectivity index (χ1n) is 7.47. The van der Waals surface area contributed by atoms with Crippen molar-refractivity contribution in [3.05, 3.63) is 41.1 Å². The third-order valence-corrected chi connectivity index (χ3v) is 5.48. The van der Waals surface area contributed by atoms with Crippen molar-refractivity contribution in [2.24, 2.45) is 0 Å². The maximum Gasteiger partial charge on any atom is 0.188 e. The van der Waals surface area contributed by atoms with Gasteiger partial charge in [0, 0.05) is 62.1 Å². The van der Waals surface area contributed by atoms with Gasteiger partial charge in [-0.1, -0.05) is 0 Å². The molecule has 0 atom stereocenters. The molecule has 3 aromatic rings. The average molecular weight is 344 g/mol. The van der Waals surface area contributed by atoms with Crippen LogP contribution in [0.4, 0.5) is 5.13 Å². The monoisotopic (exact) mass is 344 g/mol. The molecule has 1 saturated heterocycles. The van der Waals surface area contributed by atoms with Gasteiger partial charge in [-0.15, -0.1) is 22.7 Å². The molecule has 4 heterocycles. The van der Waals surface area contributed by atoms with Crippen LogP contribution in [0.1, 0.15) is 5.69 Å². The summed E-state index contributed by atoms with van der Waals surface area (Å²) < 4.78 is 0. The van der Waals surface area contributed by atoms with Gasteiger partial charge in [-0.05, 0) is 6.07 Å². The van der Waals surface area contributed by atoms with Crippen LogP contribution < -0.4 is 4.90 Å². The molecule has 1 fully saturated rings. The van der Waals surface area contributed by atoms with Gasteiger partial charge < -0.3 is 4.90 Å². The molecule has 0 unspecified atom stereocenters. The van der Waals surface area contributed by atoms with E-state index in [-0.39, 0.29) is 0 Å². The van der Waals surface area contributed by atoms with Crippen LogP contribution >= 0.6 is 22.7 Å². The number of nitrogens with zero attached hydrogens (tertiary/aromatic N) is 6. The zero-order valence-electron chi connectivity index (χ0n) is 12.5. The molecular formula is C15H16N6S2. The van der Waals surface area contributed by atoms with Gasteiger partial charge in [0.15, 0.2) is 16.0 Å². The van der Waals surface area contributed by atoms with Crippen molar-refractivity contribution in [2.75, 3.05) is 31.1 Å². The summed E-state index contributed by atoms with van der Waals surface area (Å²) >= 11 is 3.32. The van der Waals surface area contributed by atoms with Crippen LogP contribution in [0.3, 0.4) is 0 Å². The summed E-state index contributed by atoms with van der Waals surface area (Å²) in [6.45, 7) is 5.00. The molecule has 0 saturated carbocycles. The summed E-state index contributed by atoms with van der Waals surface area (Å²) in [5, 5.41) is 6.16. The molecule has 0 spiro atoms. The highest BCUT2D eigenvalue weighted by atomic mass is 32.1. The van der Waals surface area contributed by atoms with E-state index < -0.39 is 0 Å². The van der Waals surface area contributed by atoms with Crippen LogP contribution in [0.5, 0.6) is 0 Å². The molecular weight excluding hydrogens is 328 g/mol. The van der Waals surface area contributed by atoms with Gasteiger partial charge >= 0.3 is 0 Å². The second-order valence-electron chi connectivity index (χ2n) is 5.29. The van der Waals surface area contributed by atoms with Crippen molar-refractivity contribution in [3.63, 3.8) is 0 Å². The first-order chi connectivity index (χ1) is 11.4. The Hall–Kier alpha value is -1.90. The van der Waals surface area contributed by atoms with E-state index in [4.69, 9.17) is 0 Å². The molecule has 4 rings (SSSR count). The van der Waals surface area contributed by atoms with E-state index in [0.29, 0.717) is 5.82 Å². The predicted octanol–water partition coefficient (Wildman–Crippen LogP) is 2.38. The summed E-state index contributed by atoms with van der Waals surface area (Å²) in [4.78, 5) is 22.4. The van der Waals surface area contributed by atoms with Crippen molar-refractivity contribution in [1.82, 2.24) is 24.8 Å². The topological polar surface area (TPSA) is 58.0 Å². The number of hydrogen-bond acceptors (Lipinski definition) is 8. The molecule has 118 valence electrons. The van der Waals surface area contributed by atoms with E-state index in [0.717, 1.165) is 48.6 Å². The fraction of sp³-hybridized carbons (Fsp3) is 0.333. The Balaban J connectivity index is 1.36. The molecule has 6 nitrogen and oxygen atoms in total. The van der Waals surface area contributed by atoms with Gasteiger partial charge in [-0.2, -0.15) is 0 Å². The third-order valence-electron chi connectivity index (χ3n) is 3.76. The molecule has 0 bridgehead atoms. The van der Waals surface area contributed by atoms with E-state index in [1.54, 1.807) is 35.1 Å². The van der Waals surface area contributed by atoms with Crippen molar-refractivity contribution < 1.29 is 0 Å². The van der Waals surface area contributed by atoms with Crippen molar-refractivity contribution in [1.29, 1.82) is 0 Å². The lowest BCUT2D eigenvalue weighted by molar-refractivity contribution is 0.247. The minimum atomic E-state index is 0.706. The molecule has 23 heavy (non-hydrogen) atoms. The zero-order chi connectivity index (χ0) is 15.5. The van der Waals surface area contributed by atoms with E-state index in [9.17, 15) is 0 Å². The highest BCUT2D eigenvalue weighted by Crippen LogP contribution is 2.22. The minimum Gasteiger partial charge on any atom is -0.346 e. The summed E-state index contributed by atoms with van der Waals surface area (Å²) in [5.41, 5.74) is 1.10. The van der Waals surface area contributed by atoms with E-state index in [2.05, 4.69) is 35.1 Å². The third kappa shape index (κ3) is 3.39. The standard InChI is InChI=1S/C15H16N6S2/c1-2-16-13(17-3-1)14-19-12(11-23-14)10-20-5-7-21(8-6-20)15-18-4-9-22-15/h1-4,9,11H,5-8,10H2. The summed E-state index contributed by atoms with van der Waals surface area (Å²) in [6, 6.07) is 1.82. The molecule has 3 aromatic heterocycles. The molecule has 1 aliphatic rings. The predicted molar refractivity (Wildman–Crippen MR) is 92.7 cm³/mol. The van der Waals surface area contributed by atoms with E-state index in [1.165, 1.54) is 0 Å². The molecule has 0 aliphatic carbocycles. The Labute approximate surface area is 142 Å². The second kappa shape index (κ2) is 6.69. The van der Waals surface area contributed by atoms with E-state index in [1.807, 2.05) is 17.6 Å². The Bertz CT molecular complexity index is 734. The first-order valence-corrected chi connectivity index (χ1v) is 9.23. The summed E-state index contributed by atoms with van der Waals surface area (Å²) in [6.07, 6.45) is 5.37. The number of rotatable bonds is 4. The summed E-state index contributed by atoms with van der Waals surface area (Å²) in [7, 11) is 0. The lowest BCUT2D eigenvalue weighted by Crippen LogP contribution is -2.45. The maximum absolute atomic E-state index is 4.67. The Morgan fingerprint density at radius 3 is 2.52 bits per heavy atom. The Kier molecular flexibility index (Phi) is 4.27. The SMILES string of the molecule is c1cnc(-c2nc(CN3CCN(c4nccs4)CC3)cs2)nc1. The van der Waals surface area contributed by atoms with Crippen LogP contribution in [0.25, 0.3) is 10.8 Å². The molecule has 8 heteroatoms. The smallest absolute Gasteiger partial charge is 0.188 e. The fourth-order valence-electron chi connectivity index (χ4n) is 2.59. The van der Waals surface area contributed by atoms with Gasteiger partial charge in [0.1, 0.15) is 0 Å². The maximum atomic E-state index is 4.67. The highest BCUT2D eigenvalue weighted by Gasteiger charge is 2.19.